The van der Waals surface area contributed by atoms with Crippen LogP contribution in [-0.4, -0.2) is 13.2 Å². The molecule has 1 nitrogen and oxygen atoms in total. The molecule has 0 aromatic heterocycles. The number of rotatable bonds is 3. The first kappa shape index (κ1) is 9.38. The van der Waals surface area contributed by atoms with Crippen LogP contribution in [0, 0.1) is 0 Å². The predicted octanol–water partition coefficient (Wildman–Crippen LogP) is 2.22. The fraction of sp³-hybridized carbons (Fsp3) is 1.00. The SMILES string of the molecule is COC(C)[CH](C)[Hg][Br]. The van der Waals surface area contributed by atoms with E-state index in [2.05, 4.69) is 25.8 Å². The fourth-order valence-electron chi connectivity index (χ4n) is 0.358. The van der Waals surface area contributed by atoms with Crippen LogP contribution in [0.2, 0.25) is 3.43 Å². The van der Waals surface area contributed by atoms with Gasteiger partial charge in [0.1, 0.15) is 0 Å². The summed E-state index contributed by atoms with van der Waals surface area (Å²) >= 11 is 2.94. The zero-order chi connectivity index (χ0) is 6.57. The molecule has 0 spiro atoms. The van der Waals surface area contributed by atoms with Crippen molar-refractivity contribution in [3.05, 3.63) is 0 Å². The third kappa shape index (κ3) is 3.41. The van der Waals surface area contributed by atoms with Gasteiger partial charge in [-0.2, -0.15) is 0 Å². The van der Waals surface area contributed by atoms with Crippen LogP contribution in [0.3, 0.4) is 0 Å². The second-order valence-corrected chi connectivity index (χ2v) is 14.0. The van der Waals surface area contributed by atoms with Gasteiger partial charge in [-0.3, -0.25) is 0 Å². The molecule has 0 aromatic rings. The van der Waals surface area contributed by atoms with Crippen molar-refractivity contribution in [2.45, 2.75) is 23.4 Å². The van der Waals surface area contributed by atoms with Gasteiger partial charge in [-0.1, -0.05) is 0 Å². The molecule has 0 radical (unpaired) electrons. The van der Waals surface area contributed by atoms with Crippen LogP contribution in [0.1, 0.15) is 13.8 Å². The maximum atomic E-state index is 5.13. The third-order valence-corrected chi connectivity index (χ3v) is 14.9. The molecule has 0 fully saturated rings. The minimum atomic E-state index is -0.662. The fourth-order valence-corrected chi connectivity index (χ4v) is 6.70. The Labute approximate surface area is 68.9 Å². The average Bonchev–Trinajstić information content (AvgIpc) is 1.84. The summed E-state index contributed by atoms with van der Waals surface area (Å²) in [6.45, 7) is 4.39. The Hall–Kier alpha value is 1.38. The molecule has 0 aromatic carbocycles. The molecule has 2 unspecified atom stereocenters. The molecule has 2 atom stereocenters. The zero-order valence-corrected chi connectivity index (χ0v) is 12.7. The monoisotopic (exact) mass is 368 g/mol. The number of hydrogen-bond acceptors (Lipinski definition) is 1. The number of methoxy groups -OCH3 is 1. The van der Waals surface area contributed by atoms with E-state index in [1.54, 1.807) is 7.11 Å². The van der Waals surface area contributed by atoms with Gasteiger partial charge in [0.2, 0.25) is 0 Å². The van der Waals surface area contributed by atoms with E-state index in [0.717, 1.165) is 3.43 Å². The molecule has 0 heterocycles. The van der Waals surface area contributed by atoms with Crippen LogP contribution in [0.25, 0.3) is 0 Å². The second kappa shape index (κ2) is 5.18. The first-order valence-corrected chi connectivity index (χ1v) is 17.9. The molecule has 0 N–H and O–H groups in total. The van der Waals surface area contributed by atoms with E-state index in [0.29, 0.717) is 6.10 Å². The van der Waals surface area contributed by atoms with E-state index in [1.807, 2.05) is 0 Å². The summed E-state index contributed by atoms with van der Waals surface area (Å²) in [4.78, 5) is 0. The van der Waals surface area contributed by atoms with E-state index in [-0.39, 0.29) is 0 Å². The van der Waals surface area contributed by atoms with E-state index in [4.69, 9.17) is 4.74 Å². The maximum absolute atomic E-state index is 5.13. The van der Waals surface area contributed by atoms with Crippen LogP contribution >= 0.6 is 11.9 Å². The first-order chi connectivity index (χ1) is 3.72. The van der Waals surface area contributed by atoms with Gasteiger partial charge in [0.15, 0.2) is 0 Å². The summed E-state index contributed by atoms with van der Waals surface area (Å²) in [6, 6.07) is 0. The summed E-state index contributed by atoms with van der Waals surface area (Å²) in [7, 11) is 1.78. The number of hydrogen-bond donors (Lipinski definition) is 0. The molecule has 0 aliphatic heterocycles. The quantitative estimate of drug-likeness (QED) is 0.695. The zero-order valence-electron chi connectivity index (χ0n) is 5.65. The van der Waals surface area contributed by atoms with E-state index in [9.17, 15) is 0 Å². The summed E-state index contributed by atoms with van der Waals surface area (Å²) in [6.07, 6.45) is 0.469. The van der Waals surface area contributed by atoms with E-state index < -0.39 is 22.1 Å². The Morgan fingerprint density at radius 2 is 2.00 bits per heavy atom. The Morgan fingerprint density at radius 1 is 1.50 bits per heavy atom. The van der Waals surface area contributed by atoms with Crippen molar-refractivity contribution < 1.29 is 26.9 Å². The third-order valence-electron chi connectivity index (χ3n) is 1.42. The standard InChI is InChI=1S/C5H11O.BrH.Hg/c1-4-5(2)6-3;;/h4-5H,1-3H3;1H;/q;;+1/p-1. The topological polar surface area (TPSA) is 9.23 Å². The minimum absolute atomic E-state index is 0.469. The van der Waals surface area contributed by atoms with Crippen molar-refractivity contribution in [2.24, 2.45) is 0 Å². The summed E-state index contributed by atoms with van der Waals surface area (Å²) in [5.74, 6) is 0. The molecular formula is C5H11BrHgO. The van der Waals surface area contributed by atoms with Crippen molar-refractivity contribution >= 4 is 11.9 Å². The molecule has 3 heteroatoms. The van der Waals surface area contributed by atoms with Crippen LogP contribution in [-0.2, 0) is 26.9 Å². The van der Waals surface area contributed by atoms with Gasteiger partial charge in [-0.05, 0) is 0 Å². The van der Waals surface area contributed by atoms with Gasteiger partial charge < -0.3 is 0 Å². The molecule has 0 saturated heterocycles. The van der Waals surface area contributed by atoms with Crippen LogP contribution in [0.5, 0.6) is 0 Å². The van der Waals surface area contributed by atoms with Gasteiger partial charge in [-0.15, -0.1) is 0 Å². The van der Waals surface area contributed by atoms with Gasteiger partial charge in [0, 0.05) is 0 Å². The predicted molar refractivity (Wildman–Crippen MR) is 34.8 cm³/mol. The van der Waals surface area contributed by atoms with Crippen molar-refractivity contribution in [3.8, 4) is 0 Å². The number of halogens is 1. The van der Waals surface area contributed by atoms with Crippen molar-refractivity contribution in [3.63, 3.8) is 0 Å². The molecule has 0 aliphatic rings. The second-order valence-electron chi connectivity index (χ2n) is 2.07. The molecule has 0 saturated carbocycles. The molecule has 0 amide bonds. The van der Waals surface area contributed by atoms with E-state index >= 15 is 0 Å². The summed E-state index contributed by atoms with van der Waals surface area (Å²) in [5.41, 5.74) is 0. The average molecular weight is 368 g/mol. The molecule has 0 aliphatic carbocycles. The van der Waals surface area contributed by atoms with Gasteiger partial charge in [0.05, 0.1) is 0 Å². The molecule has 0 rings (SSSR count). The Kier molecular flexibility index (Phi) is 6.07. The molecular weight excluding hydrogens is 357 g/mol. The van der Waals surface area contributed by atoms with Crippen molar-refractivity contribution in [2.75, 3.05) is 7.11 Å². The van der Waals surface area contributed by atoms with Gasteiger partial charge in [0.25, 0.3) is 0 Å². The molecule has 46 valence electrons. The van der Waals surface area contributed by atoms with Gasteiger partial charge in [-0.25, -0.2) is 0 Å². The molecule has 8 heavy (non-hydrogen) atoms. The van der Waals surface area contributed by atoms with Crippen molar-refractivity contribution in [1.29, 1.82) is 0 Å². The summed E-state index contributed by atoms with van der Waals surface area (Å²) in [5, 5.41) is 0. The van der Waals surface area contributed by atoms with Crippen LogP contribution in [0.15, 0.2) is 0 Å². The first-order valence-electron chi connectivity index (χ1n) is 2.81. The Morgan fingerprint density at radius 3 is 2.12 bits per heavy atom. The normalized spacial score (nSPS) is 17.0. The van der Waals surface area contributed by atoms with Gasteiger partial charge >= 0.3 is 69.3 Å². The summed E-state index contributed by atoms with van der Waals surface area (Å²) < 4.78 is 5.96. The van der Waals surface area contributed by atoms with Crippen LogP contribution in [0.4, 0.5) is 0 Å². The number of ether oxygens (including phenoxy) is 1. The van der Waals surface area contributed by atoms with E-state index in [1.165, 1.54) is 0 Å². The van der Waals surface area contributed by atoms with Crippen molar-refractivity contribution in [1.82, 2.24) is 0 Å². The Bertz CT molecular complexity index is 52.4. The Balaban J connectivity index is 3.29. The van der Waals surface area contributed by atoms with Crippen LogP contribution < -0.4 is 0 Å². The molecule has 0 bridgehead atoms.